The molecule has 1 heterocycles. The molecule has 138 valence electrons. The molecule has 1 aliphatic carbocycles. The first-order chi connectivity index (χ1) is 12.0. The molecule has 1 saturated heterocycles. The molecule has 3 rings (SSSR count). The number of likely N-dealkylation sites (tertiary alicyclic amines) is 1. The zero-order valence-electron chi connectivity index (χ0n) is 15.0. The number of nitrogens with one attached hydrogen (secondary N) is 1. The second-order valence-electron chi connectivity index (χ2n) is 7.99. The van der Waals surface area contributed by atoms with Gasteiger partial charge in [0.05, 0.1) is 6.42 Å². The van der Waals surface area contributed by atoms with Gasteiger partial charge in [-0.15, -0.1) is 0 Å². The minimum Gasteiger partial charge on any atom is -0.481 e. The maximum atomic E-state index is 13.2. The van der Waals surface area contributed by atoms with Crippen molar-refractivity contribution in [2.75, 3.05) is 26.2 Å². The third kappa shape index (κ3) is 5.25. The summed E-state index contributed by atoms with van der Waals surface area (Å²) in [6.07, 6.45) is 4.53. The molecular weight excluding hydrogens is 319 g/mol. The summed E-state index contributed by atoms with van der Waals surface area (Å²) >= 11 is 0. The largest absolute Gasteiger partial charge is 0.481 e. The van der Waals surface area contributed by atoms with Gasteiger partial charge >= 0.3 is 5.97 Å². The minimum atomic E-state index is -0.729. The van der Waals surface area contributed by atoms with E-state index in [0.717, 1.165) is 44.8 Å². The Morgan fingerprint density at radius 1 is 1.32 bits per heavy atom. The van der Waals surface area contributed by atoms with E-state index in [0.29, 0.717) is 12.6 Å². The molecule has 0 amide bonds. The molecule has 0 aromatic heterocycles. The first-order valence-electron chi connectivity index (χ1n) is 9.38. The van der Waals surface area contributed by atoms with Gasteiger partial charge in [-0.1, -0.05) is 19.1 Å². The van der Waals surface area contributed by atoms with Crippen molar-refractivity contribution >= 4 is 5.97 Å². The van der Waals surface area contributed by atoms with Gasteiger partial charge in [0.2, 0.25) is 0 Å². The molecule has 2 atom stereocenters. The van der Waals surface area contributed by atoms with Crippen molar-refractivity contribution in [1.29, 1.82) is 0 Å². The summed E-state index contributed by atoms with van der Waals surface area (Å²) in [4.78, 5) is 13.0. The lowest BCUT2D eigenvalue weighted by Crippen LogP contribution is -2.47. The molecule has 1 aromatic carbocycles. The predicted molar refractivity (Wildman–Crippen MR) is 96.0 cm³/mol. The van der Waals surface area contributed by atoms with E-state index in [1.165, 1.54) is 12.0 Å². The molecule has 1 saturated carbocycles. The first-order valence-corrected chi connectivity index (χ1v) is 9.38. The molecule has 0 radical (unpaired) electrons. The molecule has 5 heteroatoms. The number of nitrogens with zero attached hydrogens (tertiary/aromatic N) is 1. The fraction of sp³-hybridized carbons (Fsp3) is 0.650. The third-order valence-electron chi connectivity index (χ3n) is 5.90. The fourth-order valence-electron chi connectivity index (χ4n) is 3.91. The molecule has 2 N–H and O–H groups in total. The van der Waals surface area contributed by atoms with Gasteiger partial charge in [0.1, 0.15) is 5.82 Å². The molecule has 25 heavy (non-hydrogen) atoms. The molecule has 1 aromatic rings. The zero-order valence-corrected chi connectivity index (χ0v) is 15.0. The summed E-state index contributed by atoms with van der Waals surface area (Å²) in [5.41, 5.74) is 1.37. The van der Waals surface area contributed by atoms with Crippen LogP contribution in [0.15, 0.2) is 24.3 Å². The number of rotatable bonds is 8. The number of carbonyl (C=O) groups is 1. The first kappa shape index (κ1) is 18.3. The van der Waals surface area contributed by atoms with Crippen molar-refractivity contribution in [3.63, 3.8) is 0 Å². The Morgan fingerprint density at radius 2 is 1.96 bits per heavy atom. The van der Waals surface area contributed by atoms with Crippen LogP contribution in [0, 0.1) is 17.2 Å². The van der Waals surface area contributed by atoms with Crippen LogP contribution in [-0.4, -0.2) is 48.2 Å². The molecular formula is C20H29FN2O2. The quantitative estimate of drug-likeness (QED) is 0.758. The van der Waals surface area contributed by atoms with E-state index in [4.69, 9.17) is 5.11 Å². The maximum Gasteiger partial charge on any atom is 0.304 e. The number of halogens is 1. The lowest BCUT2D eigenvalue weighted by molar-refractivity contribution is -0.137. The van der Waals surface area contributed by atoms with Crippen LogP contribution in [0.25, 0.3) is 0 Å². The van der Waals surface area contributed by atoms with Gasteiger partial charge < -0.3 is 15.3 Å². The van der Waals surface area contributed by atoms with Crippen molar-refractivity contribution < 1.29 is 14.3 Å². The van der Waals surface area contributed by atoms with Crippen molar-refractivity contribution in [1.82, 2.24) is 10.2 Å². The molecule has 0 spiro atoms. The minimum absolute atomic E-state index is 0.180. The Kier molecular flexibility index (Phi) is 5.74. The topological polar surface area (TPSA) is 52.6 Å². The SMILES string of the molecule is C[C@@H]1C[C@H]1NCC1(Cc2ccc(F)cc2)CCN(CCC(=O)O)CC1. The number of benzene rings is 1. The van der Waals surface area contributed by atoms with Crippen molar-refractivity contribution in [3.05, 3.63) is 35.6 Å². The second kappa shape index (κ2) is 7.83. The van der Waals surface area contributed by atoms with Crippen LogP contribution in [0.3, 0.4) is 0 Å². The van der Waals surface area contributed by atoms with E-state index in [2.05, 4.69) is 17.1 Å². The average molecular weight is 348 g/mol. The van der Waals surface area contributed by atoms with Gasteiger partial charge in [0.25, 0.3) is 0 Å². The second-order valence-corrected chi connectivity index (χ2v) is 7.99. The average Bonchev–Trinajstić information content (AvgIpc) is 3.30. The van der Waals surface area contributed by atoms with E-state index >= 15 is 0 Å². The van der Waals surface area contributed by atoms with E-state index in [9.17, 15) is 9.18 Å². The highest BCUT2D eigenvalue weighted by Gasteiger charge is 2.38. The van der Waals surface area contributed by atoms with Gasteiger partial charge in [0, 0.05) is 19.1 Å². The van der Waals surface area contributed by atoms with Crippen LogP contribution < -0.4 is 5.32 Å². The fourth-order valence-corrected chi connectivity index (χ4v) is 3.91. The van der Waals surface area contributed by atoms with E-state index < -0.39 is 5.97 Å². The Hall–Kier alpha value is -1.46. The Balaban J connectivity index is 1.61. The summed E-state index contributed by atoms with van der Waals surface area (Å²) in [7, 11) is 0. The van der Waals surface area contributed by atoms with Gasteiger partial charge in [0.15, 0.2) is 0 Å². The van der Waals surface area contributed by atoms with Gasteiger partial charge in [-0.05, 0) is 67.8 Å². The lowest BCUT2D eigenvalue weighted by Gasteiger charge is -2.42. The Labute approximate surface area is 149 Å². The standard InChI is InChI=1S/C20H29FN2O2/c1-15-12-18(15)22-14-20(13-16-2-4-17(21)5-3-16)7-10-23(11-8-20)9-6-19(24)25/h2-5,15,18,22H,6-14H2,1H3,(H,24,25)/t15-,18-/m1/s1. The van der Waals surface area contributed by atoms with Crippen molar-refractivity contribution in [2.45, 2.75) is 45.1 Å². The summed E-state index contributed by atoms with van der Waals surface area (Å²) in [6.45, 7) is 5.78. The summed E-state index contributed by atoms with van der Waals surface area (Å²) in [6, 6.07) is 7.53. The molecule has 4 nitrogen and oxygen atoms in total. The normalized spacial score (nSPS) is 25.7. The number of aliphatic carboxylic acids is 1. The predicted octanol–water partition coefficient (Wildman–Crippen LogP) is 2.92. The van der Waals surface area contributed by atoms with Crippen LogP contribution in [0.4, 0.5) is 4.39 Å². The summed E-state index contributed by atoms with van der Waals surface area (Å²) in [5.74, 6) is -0.141. The Bertz CT molecular complexity index is 582. The van der Waals surface area contributed by atoms with E-state index in [1.54, 1.807) is 12.1 Å². The zero-order chi connectivity index (χ0) is 17.9. The molecule has 0 unspecified atom stereocenters. The summed E-state index contributed by atoms with van der Waals surface area (Å²) in [5, 5.41) is 12.6. The molecule has 1 aliphatic heterocycles. The highest BCUT2D eigenvalue weighted by molar-refractivity contribution is 5.66. The van der Waals surface area contributed by atoms with Gasteiger partial charge in [-0.3, -0.25) is 4.79 Å². The van der Waals surface area contributed by atoms with Crippen LogP contribution in [0.5, 0.6) is 0 Å². The smallest absolute Gasteiger partial charge is 0.304 e. The molecule has 2 fully saturated rings. The Morgan fingerprint density at radius 3 is 2.52 bits per heavy atom. The molecule has 0 bridgehead atoms. The van der Waals surface area contributed by atoms with Crippen LogP contribution >= 0.6 is 0 Å². The maximum absolute atomic E-state index is 13.2. The number of piperidine rings is 1. The number of carboxylic acids is 1. The van der Waals surface area contributed by atoms with Gasteiger partial charge in [-0.25, -0.2) is 4.39 Å². The van der Waals surface area contributed by atoms with Crippen LogP contribution in [-0.2, 0) is 11.2 Å². The lowest BCUT2D eigenvalue weighted by atomic mass is 9.73. The van der Waals surface area contributed by atoms with Crippen molar-refractivity contribution in [2.24, 2.45) is 11.3 Å². The van der Waals surface area contributed by atoms with Crippen LogP contribution in [0.2, 0.25) is 0 Å². The number of carboxylic acid groups (broad SMARTS) is 1. The van der Waals surface area contributed by atoms with E-state index in [1.807, 2.05) is 12.1 Å². The molecule has 2 aliphatic rings. The number of hydrogen-bond donors (Lipinski definition) is 2. The van der Waals surface area contributed by atoms with Crippen molar-refractivity contribution in [3.8, 4) is 0 Å². The highest BCUT2D eigenvalue weighted by atomic mass is 19.1. The van der Waals surface area contributed by atoms with Gasteiger partial charge in [-0.2, -0.15) is 0 Å². The third-order valence-corrected chi connectivity index (χ3v) is 5.90. The van der Waals surface area contributed by atoms with Crippen LogP contribution in [0.1, 0.15) is 38.2 Å². The monoisotopic (exact) mass is 348 g/mol. The highest BCUT2D eigenvalue weighted by Crippen LogP contribution is 2.37. The summed E-state index contributed by atoms with van der Waals surface area (Å²) < 4.78 is 13.2. The van der Waals surface area contributed by atoms with E-state index in [-0.39, 0.29) is 17.7 Å². The number of hydrogen-bond acceptors (Lipinski definition) is 3.